The van der Waals surface area contributed by atoms with E-state index in [4.69, 9.17) is 21.4 Å². The molecule has 0 radical (unpaired) electrons. The summed E-state index contributed by atoms with van der Waals surface area (Å²) in [5, 5.41) is 7.85. The van der Waals surface area contributed by atoms with Gasteiger partial charge in [0.15, 0.2) is 0 Å². The smallest absolute Gasteiger partial charge is 0.221 e. The van der Waals surface area contributed by atoms with E-state index in [1.54, 1.807) is 0 Å². The zero-order valence-electron chi connectivity index (χ0n) is 15.0. The van der Waals surface area contributed by atoms with E-state index in [0.29, 0.717) is 5.02 Å². The molecule has 2 heterocycles. The lowest BCUT2D eigenvalue weighted by molar-refractivity contribution is -0.112. The molecule has 0 aromatic heterocycles. The first-order chi connectivity index (χ1) is 13.1. The molecule has 2 atom stereocenters. The van der Waals surface area contributed by atoms with Crippen molar-refractivity contribution in [2.45, 2.75) is 25.1 Å². The fourth-order valence-corrected chi connectivity index (χ4v) is 4.14. The van der Waals surface area contributed by atoms with Crippen LogP contribution in [0.3, 0.4) is 0 Å². The molecule has 0 fully saturated rings. The highest BCUT2D eigenvalue weighted by Crippen LogP contribution is 2.50. The molecule has 0 N–H and O–H groups in total. The summed E-state index contributed by atoms with van der Waals surface area (Å²) in [6, 6.07) is 26.6. The van der Waals surface area contributed by atoms with Crippen LogP contribution in [-0.4, -0.2) is 10.7 Å². The van der Waals surface area contributed by atoms with Gasteiger partial charge in [0.2, 0.25) is 5.72 Å². The predicted octanol–water partition coefficient (Wildman–Crippen LogP) is 5.76. The van der Waals surface area contributed by atoms with E-state index in [2.05, 4.69) is 48.3 Å². The fraction of sp³-hybridized carbons (Fsp3) is 0.174. The van der Waals surface area contributed by atoms with Gasteiger partial charge in [0.05, 0.1) is 11.8 Å². The molecule has 0 aliphatic carbocycles. The number of hydrazone groups is 1. The molecule has 0 bridgehead atoms. The van der Waals surface area contributed by atoms with Gasteiger partial charge in [-0.1, -0.05) is 72.3 Å². The number of para-hydroxylation sites is 1. The highest BCUT2D eigenvalue weighted by Gasteiger charge is 2.48. The summed E-state index contributed by atoms with van der Waals surface area (Å²) in [6.07, 6.45) is 0.855. The molecular weight excluding hydrogens is 356 g/mol. The summed E-state index contributed by atoms with van der Waals surface area (Å²) in [5.74, 6) is 0.917. The van der Waals surface area contributed by atoms with Gasteiger partial charge >= 0.3 is 0 Å². The third-order valence-electron chi connectivity index (χ3n) is 5.42. The Morgan fingerprint density at radius 2 is 1.67 bits per heavy atom. The molecule has 3 aromatic carbocycles. The van der Waals surface area contributed by atoms with E-state index in [0.717, 1.165) is 29.0 Å². The number of benzene rings is 3. The Balaban J connectivity index is 1.65. The second-order valence-corrected chi connectivity index (χ2v) is 7.54. The van der Waals surface area contributed by atoms with Gasteiger partial charge in [-0.05, 0) is 23.8 Å². The van der Waals surface area contributed by atoms with Crippen LogP contribution in [0.1, 0.15) is 36.1 Å². The largest absolute Gasteiger partial charge is 0.462 e. The van der Waals surface area contributed by atoms with E-state index in [1.165, 1.54) is 5.56 Å². The Labute approximate surface area is 163 Å². The van der Waals surface area contributed by atoms with Gasteiger partial charge in [-0.3, -0.25) is 0 Å². The molecule has 2 unspecified atom stereocenters. The van der Waals surface area contributed by atoms with Crippen LogP contribution in [0.2, 0.25) is 5.02 Å². The summed E-state index contributed by atoms with van der Waals surface area (Å²) in [7, 11) is 0. The van der Waals surface area contributed by atoms with Crippen molar-refractivity contribution in [1.82, 2.24) is 5.01 Å². The van der Waals surface area contributed by atoms with Gasteiger partial charge in [-0.15, -0.1) is 0 Å². The predicted molar refractivity (Wildman–Crippen MR) is 108 cm³/mol. The highest BCUT2D eigenvalue weighted by molar-refractivity contribution is 6.30. The van der Waals surface area contributed by atoms with E-state index in [1.807, 2.05) is 42.5 Å². The number of fused-ring (bicyclic) bond motifs is 3. The quantitative estimate of drug-likeness (QED) is 0.570. The molecule has 0 spiro atoms. The van der Waals surface area contributed by atoms with Crippen LogP contribution in [0.25, 0.3) is 0 Å². The van der Waals surface area contributed by atoms with E-state index < -0.39 is 5.72 Å². The van der Waals surface area contributed by atoms with Crippen LogP contribution < -0.4 is 4.74 Å². The minimum Gasteiger partial charge on any atom is -0.462 e. The van der Waals surface area contributed by atoms with Gasteiger partial charge in [-0.25, -0.2) is 5.01 Å². The molecule has 0 saturated heterocycles. The van der Waals surface area contributed by atoms with E-state index in [9.17, 15) is 0 Å². The number of hydrogen-bond donors (Lipinski definition) is 0. The SMILES string of the molecule is CC1(c2ccc(Cl)cc2)Oc2ccccc2C2CC(c3ccccc3)=NN21. The number of ether oxygens (including phenoxy) is 1. The number of rotatable bonds is 2. The van der Waals surface area contributed by atoms with Gasteiger partial charge in [0.1, 0.15) is 5.75 Å². The molecule has 5 rings (SSSR count). The maximum Gasteiger partial charge on any atom is 0.221 e. The van der Waals surface area contributed by atoms with Crippen LogP contribution in [0, 0.1) is 0 Å². The van der Waals surface area contributed by atoms with Crippen LogP contribution in [0.5, 0.6) is 5.75 Å². The summed E-state index contributed by atoms with van der Waals surface area (Å²) in [5.41, 5.74) is 3.76. The zero-order valence-corrected chi connectivity index (χ0v) is 15.7. The average Bonchev–Trinajstić information content (AvgIpc) is 3.16. The highest BCUT2D eigenvalue weighted by atomic mass is 35.5. The number of hydrogen-bond acceptors (Lipinski definition) is 3. The van der Waals surface area contributed by atoms with E-state index in [-0.39, 0.29) is 6.04 Å². The lowest BCUT2D eigenvalue weighted by Crippen LogP contribution is -2.48. The topological polar surface area (TPSA) is 24.8 Å². The molecule has 2 aliphatic rings. The van der Waals surface area contributed by atoms with Crippen LogP contribution in [-0.2, 0) is 5.72 Å². The molecule has 3 aromatic rings. The minimum absolute atomic E-state index is 0.144. The second kappa shape index (κ2) is 6.14. The molecule has 27 heavy (non-hydrogen) atoms. The molecular formula is C23H19ClN2O. The molecule has 2 aliphatic heterocycles. The van der Waals surface area contributed by atoms with Gasteiger partial charge < -0.3 is 4.74 Å². The van der Waals surface area contributed by atoms with Crippen molar-refractivity contribution < 1.29 is 4.74 Å². The Kier molecular flexibility index (Phi) is 3.73. The van der Waals surface area contributed by atoms with Gasteiger partial charge in [0, 0.05) is 29.5 Å². The normalized spacial score (nSPS) is 23.3. The van der Waals surface area contributed by atoms with Gasteiger partial charge in [0.25, 0.3) is 0 Å². The minimum atomic E-state index is -0.694. The maximum absolute atomic E-state index is 6.52. The monoisotopic (exact) mass is 374 g/mol. The third-order valence-corrected chi connectivity index (χ3v) is 5.67. The zero-order chi connectivity index (χ0) is 18.4. The number of halogens is 1. The molecule has 134 valence electrons. The van der Waals surface area contributed by atoms with Crippen molar-refractivity contribution in [2.24, 2.45) is 5.10 Å². The lowest BCUT2D eigenvalue weighted by atomic mass is 9.92. The van der Waals surface area contributed by atoms with Gasteiger partial charge in [-0.2, -0.15) is 5.10 Å². The Hall–Kier alpha value is -2.78. The van der Waals surface area contributed by atoms with Crippen molar-refractivity contribution in [1.29, 1.82) is 0 Å². The van der Waals surface area contributed by atoms with Crippen molar-refractivity contribution in [3.8, 4) is 5.75 Å². The standard InChI is InChI=1S/C23H19ClN2O/c1-23(17-11-13-18(24)14-12-17)26-21(19-9-5-6-10-22(19)27-23)15-20(25-26)16-7-3-2-4-8-16/h2-14,21H,15H2,1H3. The second-order valence-electron chi connectivity index (χ2n) is 7.11. The van der Waals surface area contributed by atoms with Crippen molar-refractivity contribution in [3.05, 3.63) is 101 Å². The number of nitrogens with zero attached hydrogens (tertiary/aromatic N) is 2. The maximum atomic E-state index is 6.52. The lowest BCUT2D eigenvalue weighted by Gasteiger charge is -2.46. The van der Waals surface area contributed by atoms with Crippen LogP contribution in [0.4, 0.5) is 0 Å². The summed E-state index contributed by atoms with van der Waals surface area (Å²) < 4.78 is 6.52. The van der Waals surface area contributed by atoms with Crippen molar-refractivity contribution in [3.63, 3.8) is 0 Å². The first-order valence-electron chi connectivity index (χ1n) is 9.11. The Morgan fingerprint density at radius 3 is 2.44 bits per heavy atom. The summed E-state index contributed by atoms with van der Waals surface area (Å²) in [6.45, 7) is 2.08. The molecule has 0 amide bonds. The molecule has 3 nitrogen and oxygen atoms in total. The van der Waals surface area contributed by atoms with Crippen LogP contribution >= 0.6 is 11.6 Å². The Bertz CT molecular complexity index is 1020. The molecule has 0 saturated carbocycles. The first kappa shape index (κ1) is 16.4. The van der Waals surface area contributed by atoms with Crippen molar-refractivity contribution >= 4 is 17.3 Å². The fourth-order valence-electron chi connectivity index (χ4n) is 4.01. The van der Waals surface area contributed by atoms with Crippen LogP contribution in [0.15, 0.2) is 84.0 Å². The van der Waals surface area contributed by atoms with Crippen molar-refractivity contribution in [2.75, 3.05) is 0 Å². The average molecular weight is 375 g/mol. The summed E-state index contributed by atoms with van der Waals surface area (Å²) in [4.78, 5) is 0. The summed E-state index contributed by atoms with van der Waals surface area (Å²) >= 11 is 6.11. The third kappa shape index (κ3) is 2.62. The first-order valence-corrected chi connectivity index (χ1v) is 9.49. The Morgan fingerprint density at radius 1 is 0.963 bits per heavy atom. The molecule has 4 heteroatoms. The van der Waals surface area contributed by atoms with E-state index >= 15 is 0 Å².